The average Bonchev–Trinajstić information content (AvgIpc) is 2.92. The average molecular weight is 340 g/mol. The van der Waals surface area contributed by atoms with Crippen molar-refractivity contribution in [2.24, 2.45) is 11.7 Å². The lowest BCUT2D eigenvalue weighted by Crippen LogP contribution is -2.41. The van der Waals surface area contributed by atoms with E-state index in [9.17, 15) is 14.7 Å². The van der Waals surface area contributed by atoms with Crippen molar-refractivity contribution >= 4 is 11.8 Å². The molecule has 1 aromatic rings. The zero-order valence-electron chi connectivity index (χ0n) is 14.0. The smallest absolute Gasteiger partial charge is 0.351 e. The quantitative estimate of drug-likeness (QED) is 0.598. The molecule has 0 saturated carbocycles. The van der Waals surface area contributed by atoms with Gasteiger partial charge in [-0.2, -0.15) is 4.98 Å². The molecule has 5 N–H and O–H groups in total. The highest BCUT2D eigenvalue weighted by atomic mass is 16.6. The molecule has 0 aliphatic carbocycles. The number of anilines is 1. The van der Waals surface area contributed by atoms with E-state index in [1.54, 1.807) is 6.92 Å². The van der Waals surface area contributed by atoms with Crippen molar-refractivity contribution in [3.05, 3.63) is 22.2 Å². The van der Waals surface area contributed by atoms with Crippen molar-refractivity contribution in [1.29, 1.82) is 0 Å². The second-order valence-electron chi connectivity index (χ2n) is 6.29. The molecule has 0 spiro atoms. The number of nitrogen functional groups attached to an aromatic ring is 1. The maximum absolute atomic E-state index is 12.0. The fourth-order valence-corrected chi connectivity index (χ4v) is 2.44. The van der Waals surface area contributed by atoms with Gasteiger partial charge in [0.1, 0.15) is 30.3 Å². The highest BCUT2D eigenvalue weighted by molar-refractivity contribution is 5.76. The lowest BCUT2D eigenvalue weighted by Gasteiger charge is -2.20. The Morgan fingerprint density at radius 1 is 1.58 bits per heavy atom. The van der Waals surface area contributed by atoms with E-state index in [2.05, 4.69) is 4.98 Å². The van der Waals surface area contributed by atoms with Crippen molar-refractivity contribution in [2.45, 2.75) is 51.7 Å². The Balaban J connectivity index is 2.16. The van der Waals surface area contributed by atoms with E-state index in [0.717, 1.165) is 0 Å². The Labute approximate surface area is 139 Å². The normalized spacial score (nSPS) is 25.0. The Bertz CT molecular complexity index is 660. The Hall–Kier alpha value is -1.97. The molecule has 24 heavy (non-hydrogen) atoms. The van der Waals surface area contributed by atoms with Gasteiger partial charge in [-0.25, -0.2) is 4.79 Å². The van der Waals surface area contributed by atoms with Crippen LogP contribution in [0.2, 0.25) is 0 Å². The van der Waals surface area contributed by atoms with E-state index in [1.807, 2.05) is 13.8 Å². The lowest BCUT2D eigenvalue weighted by atomic mass is 10.1. The van der Waals surface area contributed by atoms with Crippen LogP contribution in [0.1, 0.15) is 32.1 Å². The molecule has 9 nitrogen and oxygen atoms in total. The molecule has 1 aromatic heterocycles. The van der Waals surface area contributed by atoms with Gasteiger partial charge >= 0.3 is 11.7 Å². The number of aliphatic hydroxyl groups is 1. The van der Waals surface area contributed by atoms with Crippen LogP contribution in [-0.4, -0.2) is 45.5 Å². The molecule has 0 radical (unpaired) electrons. The van der Waals surface area contributed by atoms with E-state index in [4.69, 9.17) is 20.9 Å². The lowest BCUT2D eigenvalue weighted by molar-refractivity contribution is -0.155. The van der Waals surface area contributed by atoms with Gasteiger partial charge in [0, 0.05) is 18.2 Å². The summed E-state index contributed by atoms with van der Waals surface area (Å²) in [7, 11) is 0. The second-order valence-corrected chi connectivity index (χ2v) is 6.29. The van der Waals surface area contributed by atoms with Gasteiger partial charge in [-0.05, 0) is 12.8 Å². The number of carbonyl (C=O) groups is 1. The molecular formula is C15H24N4O5. The summed E-state index contributed by atoms with van der Waals surface area (Å²) in [4.78, 5) is 27.8. The molecule has 2 heterocycles. The topological polar surface area (TPSA) is 143 Å². The largest absolute Gasteiger partial charge is 0.458 e. The minimum Gasteiger partial charge on any atom is -0.458 e. The number of nitrogens with two attached hydrogens (primary N) is 2. The van der Waals surface area contributed by atoms with Crippen molar-refractivity contribution in [3.8, 4) is 0 Å². The first kappa shape index (κ1) is 18.4. The third-order valence-corrected chi connectivity index (χ3v) is 4.10. The molecule has 1 fully saturated rings. The number of aryl methyl sites for hydroxylation is 1. The van der Waals surface area contributed by atoms with E-state index >= 15 is 0 Å². The van der Waals surface area contributed by atoms with Gasteiger partial charge in [0.15, 0.2) is 0 Å². The third-order valence-electron chi connectivity index (χ3n) is 4.10. The first-order valence-electron chi connectivity index (χ1n) is 7.82. The number of aromatic nitrogens is 2. The summed E-state index contributed by atoms with van der Waals surface area (Å²) in [6.07, 6.45) is -0.375. The number of ether oxygens (including phenoxy) is 2. The fourth-order valence-electron chi connectivity index (χ4n) is 2.44. The Morgan fingerprint density at radius 2 is 2.25 bits per heavy atom. The SMILES string of the molecule is Cc1cn([C@H]2C[C@H](OC(=O)[C@H](N)C(C)C)[C@@H](CO)O2)c(=O)nc1N. The molecule has 0 unspecified atom stereocenters. The minimum atomic E-state index is -0.758. The molecule has 0 aromatic carbocycles. The fraction of sp³-hybridized carbons (Fsp3) is 0.667. The standard InChI is InChI=1S/C15H24N4O5/c1-7(2)12(16)14(21)24-9-4-11(23-10(9)6-20)19-5-8(3)13(17)18-15(19)22/h5,7,9-12,20H,4,6,16H2,1-3H3,(H2,17,18,22)/t9-,10+,11+,12+/m0/s1. The maximum atomic E-state index is 12.0. The van der Waals surface area contributed by atoms with Crippen molar-refractivity contribution in [2.75, 3.05) is 12.3 Å². The number of carbonyl (C=O) groups excluding carboxylic acids is 1. The van der Waals surface area contributed by atoms with E-state index in [-0.39, 0.29) is 24.8 Å². The maximum Gasteiger partial charge on any atom is 0.351 e. The van der Waals surface area contributed by atoms with Gasteiger partial charge in [-0.1, -0.05) is 13.8 Å². The van der Waals surface area contributed by atoms with Gasteiger partial charge in [0.25, 0.3) is 0 Å². The third kappa shape index (κ3) is 3.74. The molecule has 0 bridgehead atoms. The molecule has 0 amide bonds. The van der Waals surface area contributed by atoms with Crippen molar-refractivity contribution < 1.29 is 19.4 Å². The minimum absolute atomic E-state index is 0.0743. The van der Waals surface area contributed by atoms with Gasteiger partial charge in [0.2, 0.25) is 0 Å². The predicted octanol–water partition coefficient (Wildman–Crippen LogP) is -0.691. The van der Waals surface area contributed by atoms with Crippen molar-refractivity contribution in [3.63, 3.8) is 0 Å². The van der Waals surface area contributed by atoms with E-state index in [0.29, 0.717) is 5.56 Å². The highest BCUT2D eigenvalue weighted by Crippen LogP contribution is 2.30. The number of nitrogens with zero attached hydrogens (tertiary/aromatic N) is 2. The van der Waals surface area contributed by atoms with Crippen molar-refractivity contribution in [1.82, 2.24) is 9.55 Å². The van der Waals surface area contributed by atoms with E-state index in [1.165, 1.54) is 10.8 Å². The van der Waals surface area contributed by atoms with Gasteiger partial charge in [0.05, 0.1) is 6.61 Å². The second kappa shape index (κ2) is 7.29. The van der Waals surface area contributed by atoms with E-state index < -0.39 is 36.1 Å². The van der Waals surface area contributed by atoms with Crippen LogP contribution in [0.5, 0.6) is 0 Å². The van der Waals surface area contributed by atoms with Crippen LogP contribution in [0.15, 0.2) is 11.0 Å². The molecule has 134 valence electrons. The van der Waals surface area contributed by atoms with Gasteiger partial charge in [-0.3, -0.25) is 9.36 Å². The zero-order chi connectivity index (χ0) is 18.0. The van der Waals surface area contributed by atoms with Gasteiger partial charge in [-0.15, -0.1) is 0 Å². The molecule has 9 heteroatoms. The first-order valence-corrected chi connectivity index (χ1v) is 7.82. The van der Waals surface area contributed by atoms with Crippen LogP contribution >= 0.6 is 0 Å². The summed E-state index contributed by atoms with van der Waals surface area (Å²) < 4.78 is 12.3. The summed E-state index contributed by atoms with van der Waals surface area (Å²) in [6.45, 7) is 5.00. The van der Waals surface area contributed by atoms with Crippen LogP contribution in [0.25, 0.3) is 0 Å². The number of hydrogen-bond donors (Lipinski definition) is 3. The summed E-state index contributed by atoms with van der Waals surface area (Å²) in [5, 5.41) is 9.46. The zero-order valence-corrected chi connectivity index (χ0v) is 14.0. The van der Waals surface area contributed by atoms with Crippen LogP contribution in [-0.2, 0) is 14.3 Å². The molecule has 1 saturated heterocycles. The first-order chi connectivity index (χ1) is 11.2. The van der Waals surface area contributed by atoms with Crippen LogP contribution in [0.3, 0.4) is 0 Å². The monoisotopic (exact) mass is 340 g/mol. The summed E-state index contributed by atoms with van der Waals surface area (Å²) >= 11 is 0. The molecule has 4 atom stereocenters. The number of hydrogen-bond acceptors (Lipinski definition) is 8. The van der Waals surface area contributed by atoms with Crippen LogP contribution in [0, 0.1) is 12.8 Å². The number of rotatable bonds is 5. The summed E-state index contributed by atoms with van der Waals surface area (Å²) in [6, 6.07) is -0.758. The van der Waals surface area contributed by atoms with Crippen LogP contribution in [0.4, 0.5) is 5.82 Å². The molecule has 2 rings (SSSR count). The molecular weight excluding hydrogens is 316 g/mol. The predicted molar refractivity (Wildman–Crippen MR) is 86.0 cm³/mol. The molecule has 1 aliphatic heterocycles. The highest BCUT2D eigenvalue weighted by Gasteiger charge is 2.40. The van der Waals surface area contributed by atoms with Crippen LogP contribution < -0.4 is 17.2 Å². The van der Waals surface area contributed by atoms with Gasteiger partial charge < -0.3 is 26.0 Å². The molecule has 1 aliphatic rings. The number of aliphatic hydroxyl groups excluding tert-OH is 1. The Kier molecular flexibility index (Phi) is 5.58. The Morgan fingerprint density at radius 3 is 2.83 bits per heavy atom. The summed E-state index contributed by atoms with van der Waals surface area (Å²) in [5.41, 5.74) is 11.4. The number of esters is 1. The summed E-state index contributed by atoms with van der Waals surface area (Å²) in [5.74, 6) is -0.481.